The van der Waals surface area contributed by atoms with Gasteiger partial charge >= 0.3 is 0 Å². The number of benzene rings is 2. The minimum atomic E-state index is -0.0970. The van der Waals surface area contributed by atoms with Crippen molar-refractivity contribution < 1.29 is 14.3 Å². The van der Waals surface area contributed by atoms with Gasteiger partial charge in [0.1, 0.15) is 11.3 Å². The molecule has 1 aromatic heterocycles. The number of aromatic nitrogens is 1. The SMILES string of the molecule is COc1ccc(Cl)c2sc(N(CC3CCCO3)C(=O)c3ccccc3)nc12. The van der Waals surface area contributed by atoms with Gasteiger partial charge < -0.3 is 9.47 Å². The molecule has 0 N–H and O–H groups in total. The highest BCUT2D eigenvalue weighted by atomic mass is 35.5. The zero-order chi connectivity index (χ0) is 18.8. The summed E-state index contributed by atoms with van der Waals surface area (Å²) >= 11 is 7.75. The van der Waals surface area contributed by atoms with Gasteiger partial charge in [-0.25, -0.2) is 4.98 Å². The average Bonchev–Trinajstić information content (AvgIpc) is 3.37. The third-order valence-corrected chi connectivity index (χ3v) is 6.11. The second-order valence-corrected chi connectivity index (χ2v) is 7.73. The Labute approximate surface area is 166 Å². The van der Waals surface area contributed by atoms with E-state index in [-0.39, 0.29) is 12.0 Å². The molecule has 1 atom stereocenters. The summed E-state index contributed by atoms with van der Waals surface area (Å²) in [4.78, 5) is 19.6. The van der Waals surface area contributed by atoms with Crippen LogP contribution >= 0.6 is 22.9 Å². The topological polar surface area (TPSA) is 51.7 Å². The molecular formula is C20H19ClN2O3S. The Morgan fingerprint density at radius 3 is 2.85 bits per heavy atom. The Kier molecular flexibility index (Phi) is 5.29. The number of anilines is 1. The molecule has 1 aliphatic heterocycles. The van der Waals surface area contributed by atoms with Crippen LogP contribution in [0.25, 0.3) is 10.2 Å². The van der Waals surface area contributed by atoms with Crippen molar-refractivity contribution >= 4 is 44.2 Å². The molecule has 3 aromatic rings. The van der Waals surface area contributed by atoms with Crippen LogP contribution in [0.5, 0.6) is 5.75 Å². The molecule has 1 fully saturated rings. The number of hydrogen-bond acceptors (Lipinski definition) is 5. The summed E-state index contributed by atoms with van der Waals surface area (Å²) in [6, 6.07) is 12.8. The molecule has 2 heterocycles. The van der Waals surface area contributed by atoms with E-state index < -0.39 is 0 Å². The first-order valence-corrected chi connectivity index (χ1v) is 9.98. The molecule has 2 aromatic carbocycles. The van der Waals surface area contributed by atoms with Gasteiger partial charge in [0.15, 0.2) is 5.13 Å². The molecule has 0 saturated carbocycles. The fourth-order valence-electron chi connectivity index (χ4n) is 3.20. The molecule has 1 aliphatic rings. The van der Waals surface area contributed by atoms with Gasteiger partial charge in [-0.1, -0.05) is 41.1 Å². The lowest BCUT2D eigenvalue weighted by Gasteiger charge is -2.23. The molecule has 7 heteroatoms. The fraction of sp³-hybridized carbons (Fsp3) is 0.300. The van der Waals surface area contributed by atoms with E-state index in [0.717, 1.165) is 24.1 Å². The van der Waals surface area contributed by atoms with E-state index in [9.17, 15) is 4.79 Å². The monoisotopic (exact) mass is 402 g/mol. The highest BCUT2D eigenvalue weighted by Crippen LogP contribution is 2.39. The van der Waals surface area contributed by atoms with Gasteiger partial charge in [0.25, 0.3) is 5.91 Å². The Morgan fingerprint density at radius 2 is 2.15 bits per heavy atom. The van der Waals surface area contributed by atoms with Crippen LogP contribution in [0.2, 0.25) is 5.02 Å². The maximum Gasteiger partial charge on any atom is 0.260 e. The van der Waals surface area contributed by atoms with E-state index in [1.807, 2.05) is 30.3 Å². The van der Waals surface area contributed by atoms with Crippen LogP contribution in [-0.4, -0.2) is 37.3 Å². The summed E-state index contributed by atoms with van der Waals surface area (Å²) in [7, 11) is 1.60. The average molecular weight is 403 g/mol. The Balaban J connectivity index is 1.76. The predicted molar refractivity (Wildman–Crippen MR) is 108 cm³/mol. The molecule has 0 aliphatic carbocycles. The van der Waals surface area contributed by atoms with Crippen LogP contribution in [-0.2, 0) is 4.74 Å². The normalized spacial score (nSPS) is 16.6. The van der Waals surface area contributed by atoms with E-state index in [2.05, 4.69) is 0 Å². The van der Waals surface area contributed by atoms with Crippen molar-refractivity contribution in [2.24, 2.45) is 0 Å². The summed E-state index contributed by atoms with van der Waals surface area (Å²) in [5, 5.41) is 1.19. The standard InChI is InChI=1S/C20H19ClN2O3S/c1-25-16-10-9-15(21)18-17(16)22-20(27-18)23(12-14-8-5-11-26-14)19(24)13-6-3-2-4-7-13/h2-4,6-7,9-10,14H,5,8,11-12H2,1H3. The van der Waals surface area contributed by atoms with Gasteiger partial charge in [0.2, 0.25) is 0 Å². The maximum atomic E-state index is 13.2. The number of rotatable bonds is 5. The first-order valence-electron chi connectivity index (χ1n) is 8.79. The quantitative estimate of drug-likeness (QED) is 0.616. The number of fused-ring (bicyclic) bond motifs is 1. The molecule has 4 rings (SSSR count). The fourth-order valence-corrected chi connectivity index (χ4v) is 4.46. The van der Waals surface area contributed by atoms with Crippen molar-refractivity contribution in [3.8, 4) is 5.75 Å². The van der Waals surface area contributed by atoms with Crippen molar-refractivity contribution in [1.29, 1.82) is 0 Å². The van der Waals surface area contributed by atoms with Crippen LogP contribution in [0.3, 0.4) is 0 Å². The van der Waals surface area contributed by atoms with Crippen molar-refractivity contribution in [2.75, 3.05) is 25.2 Å². The molecular weight excluding hydrogens is 384 g/mol. The second kappa shape index (κ2) is 7.84. The van der Waals surface area contributed by atoms with Gasteiger partial charge in [-0.15, -0.1) is 0 Å². The summed E-state index contributed by atoms with van der Waals surface area (Å²) in [5.41, 5.74) is 1.29. The van der Waals surface area contributed by atoms with Gasteiger partial charge in [-0.05, 0) is 37.1 Å². The van der Waals surface area contributed by atoms with Gasteiger partial charge in [0, 0.05) is 12.2 Å². The summed E-state index contributed by atoms with van der Waals surface area (Å²) in [6.45, 7) is 1.20. The van der Waals surface area contributed by atoms with Crippen LogP contribution in [0, 0.1) is 0 Å². The van der Waals surface area contributed by atoms with Gasteiger partial charge in [-0.2, -0.15) is 0 Å². The molecule has 1 saturated heterocycles. The number of methoxy groups -OCH3 is 1. The molecule has 0 bridgehead atoms. The summed E-state index contributed by atoms with van der Waals surface area (Å²) < 4.78 is 12.0. The molecule has 1 amide bonds. The third kappa shape index (κ3) is 3.65. The van der Waals surface area contributed by atoms with E-state index in [1.54, 1.807) is 24.1 Å². The van der Waals surface area contributed by atoms with E-state index in [4.69, 9.17) is 26.1 Å². The molecule has 1 unspecified atom stereocenters. The lowest BCUT2D eigenvalue weighted by atomic mass is 10.2. The molecule has 140 valence electrons. The van der Waals surface area contributed by atoms with Crippen LogP contribution < -0.4 is 9.64 Å². The van der Waals surface area contributed by atoms with E-state index in [0.29, 0.717) is 33.5 Å². The molecule has 5 nitrogen and oxygen atoms in total. The number of hydrogen-bond donors (Lipinski definition) is 0. The minimum Gasteiger partial charge on any atom is -0.494 e. The highest BCUT2D eigenvalue weighted by Gasteiger charge is 2.27. The zero-order valence-electron chi connectivity index (χ0n) is 14.9. The maximum absolute atomic E-state index is 13.2. The van der Waals surface area contributed by atoms with Gasteiger partial charge in [0.05, 0.1) is 29.5 Å². The molecule has 0 radical (unpaired) electrons. The third-order valence-electron chi connectivity index (χ3n) is 4.57. The van der Waals surface area contributed by atoms with Crippen molar-refractivity contribution in [3.05, 3.63) is 53.1 Å². The number of halogens is 1. The lowest BCUT2D eigenvalue weighted by molar-refractivity contribution is 0.0917. The van der Waals surface area contributed by atoms with E-state index >= 15 is 0 Å². The number of thiazole rings is 1. The predicted octanol–water partition coefficient (Wildman–Crippen LogP) is 4.78. The van der Waals surface area contributed by atoms with Crippen molar-refractivity contribution in [3.63, 3.8) is 0 Å². The largest absolute Gasteiger partial charge is 0.494 e. The van der Waals surface area contributed by atoms with Crippen LogP contribution in [0.15, 0.2) is 42.5 Å². The number of carbonyl (C=O) groups excluding carboxylic acids is 1. The van der Waals surface area contributed by atoms with Crippen molar-refractivity contribution in [2.45, 2.75) is 18.9 Å². The number of ether oxygens (including phenoxy) is 2. The lowest BCUT2D eigenvalue weighted by Crippen LogP contribution is -2.37. The Morgan fingerprint density at radius 1 is 1.33 bits per heavy atom. The van der Waals surface area contributed by atoms with Crippen LogP contribution in [0.1, 0.15) is 23.2 Å². The summed E-state index contributed by atoms with van der Waals surface area (Å²) in [5.74, 6) is 0.543. The number of carbonyl (C=O) groups is 1. The second-order valence-electron chi connectivity index (χ2n) is 6.34. The molecule has 27 heavy (non-hydrogen) atoms. The smallest absolute Gasteiger partial charge is 0.260 e. The highest BCUT2D eigenvalue weighted by molar-refractivity contribution is 7.23. The molecule has 0 spiro atoms. The van der Waals surface area contributed by atoms with E-state index in [1.165, 1.54) is 11.3 Å². The van der Waals surface area contributed by atoms with Crippen molar-refractivity contribution in [1.82, 2.24) is 4.98 Å². The zero-order valence-corrected chi connectivity index (χ0v) is 16.4. The number of nitrogens with zero attached hydrogens (tertiary/aromatic N) is 2. The minimum absolute atomic E-state index is 0.0158. The number of amides is 1. The first-order chi connectivity index (χ1) is 13.2. The van der Waals surface area contributed by atoms with Gasteiger partial charge in [-0.3, -0.25) is 9.69 Å². The van der Waals surface area contributed by atoms with Crippen LogP contribution in [0.4, 0.5) is 5.13 Å². The first kappa shape index (κ1) is 18.2. The summed E-state index contributed by atoms with van der Waals surface area (Å²) in [6.07, 6.45) is 1.97. The Hall–Kier alpha value is -2.15. The Bertz CT molecular complexity index is 955.